The van der Waals surface area contributed by atoms with E-state index in [4.69, 9.17) is 0 Å². The van der Waals surface area contributed by atoms with Crippen LogP contribution in [0.5, 0.6) is 0 Å². The maximum absolute atomic E-state index is 13.5. The number of halogens is 2. The molecule has 2 aromatic carbocycles. The van der Waals surface area contributed by atoms with Crippen LogP contribution in [-0.2, 0) is 11.3 Å². The largest absolute Gasteiger partial charge is 0.298 e. The molecule has 0 bridgehead atoms. The smallest absolute Gasteiger partial charge is 0.181 e. The Balaban J connectivity index is 1.34. The Labute approximate surface area is 196 Å². The van der Waals surface area contributed by atoms with Crippen molar-refractivity contribution in [2.75, 3.05) is 0 Å². The molecule has 5 nitrogen and oxygen atoms in total. The summed E-state index contributed by atoms with van der Waals surface area (Å²) in [6, 6.07) is 17.8. The molecule has 2 aromatic heterocycles. The van der Waals surface area contributed by atoms with E-state index in [0.717, 1.165) is 25.0 Å². The summed E-state index contributed by atoms with van der Waals surface area (Å²) in [4.78, 5) is 22.1. The fourth-order valence-corrected chi connectivity index (χ4v) is 4.69. The van der Waals surface area contributed by atoms with Crippen LogP contribution >= 0.6 is 0 Å². The van der Waals surface area contributed by atoms with E-state index in [9.17, 15) is 13.6 Å². The second kappa shape index (κ2) is 9.63. The van der Waals surface area contributed by atoms with Gasteiger partial charge in [-0.3, -0.25) is 9.78 Å². The summed E-state index contributed by atoms with van der Waals surface area (Å²) >= 11 is 0. The van der Waals surface area contributed by atoms with Crippen LogP contribution in [0, 0.1) is 17.6 Å². The molecule has 4 aromatic rings. The second-order valence-corrected chi connectivity index (χ2v) is 8.80. The molecule has 1 saturated carbocycles. The van der Waals surface area contributed by atoms with Gasteiger partial charge in [0.1, 0.15) is 18.2 Å². The van der Waals surface area contributed by atoms with E-state index < -0.39 is 0 Å². The molecule has 0 N–H and O–H groups in total. The van der Waals surface area contributed by atoms with Gasteiger partial charge < -0.3 is 0 Å². The van der Waals surface area contributed by atoms with E-state index >= 15 is 0 Å². The van der Waals surface area contributed by atoms with Crippen LogP contribution in [0.4, 0.5) is 8.78 Å². The first-order valence-electron chi connectivity index (χ1n) is 11.4. The van der Waals surface area contributed by atoms with E-state index in [1.165, 1.54) is 24.3 Å². The summed E-state index contributed by atoms with van der Waals surface area (Å²) in [7, 11) is 0. The lowest BCUT2D eigenvalue weighted by molar-refractivity contribution is -0.120. The average Bonchev–Trinajstić information content (AvgIpc) is 3.48. The Bertz CT molecular complexity index is 1270. The third-order valence-electron chi connectivity index (χ3n) is 6.37. The first-order valence-corrected chi connectivity index (χ1v) is 11.4. The van der Waals surface area contributed by atoms with Crippen molar-refractivity contribution in [3.8, 4) is 22.8 Å². The molecule has 1 aliphatic rings. The lowest BCUT2D eigenvalue weighted by Crippen LogP contribution is -2.15. The maximum atomic E-state index is 13.5. The maximum Gasteiger partial charge on any atom is 0.181 e. The number of ketones is 1. The number of hydrogen-bond donors (Lipinski definition) is 0. The van der Waals surface area contributed by atoms with Gasteiger partial charge in [-0.2, -0.15) is 0 Å². The molecule has 0 aliphatic heterocycles. The minimum Gasteiger partial charge on any atom is -0.298 e. The zero-order valence-electron chi connectivity index (χ0n) is 18.6. The van der Waals surface area contributed by atoms with Crippen LogP contribution in [0.2, 0.25) is 0 Å². The van der Waals surface area contributed by atoms with Crippen molar-refractivity contribution in [1.29, 1.82) is 0 Å². The van der Waals surface area contributed by atoms with Gasteiger partial charge >= 0.3 is 0 Å². The predicted octanol–water partition coefficient (Wildman–Crippen LogP) is 5.83. The molecular weight excluding hydrogens is 434 g/mol. The predicted molar refractivity (Wildman–Crippen MR) is 125 cm³/mol. The Hall–Kier alpha value is -3.74. The molecule has 1 fully saturated rings. The fraction of sp³-hybridized carbons (Fsp3) is 0.259. The number of carbonyl (C=O) groups is 1. The van der Waals surface area contributed by atoms with Gasteiger partial charge in [0.05, 0.1) is 0 Å². The number of carbonyl (C=O) groups excluding carboxylic acids is 1. The minimum atomic E-state index is -0.353. The molecule has 5 rings (SSSR count). The van der Waals surface area contributed by atoms with Crippen LogP contribution in [0.25, 0.3) is 22.8 Å². The number of hydrogen-bond acceptors (Lipinski definition) is 4. The normalized spacial score (nSPS) is 17.7. The van der Waals surface area contributed by atoms with Crippen LogP contribution < -0.4 is 0 Å². The average molecular weight is 459 g/mol. The first kappa shape index (κ1) is 22.1. The molecule has 0 saturated heterocycles. The molecule has 0 spiro atoms. The van der Waals surface area contributed by atoms with Crippen molar-refractivity contribution in [2.24, 2.45) is 5.92 Å². The number of aromatic nitrogens is 4. The number of pyridine rings is 1. The summed E-state index contributed by atoms with van der Waals surface area (Å²) in [5, 5.41) is 4.54. The SMILES string of the molecule is O=C(CC1CCC(c2ccccn2)C1)Cn1nc(-c2ccc(F)cc2)nc1-c1ccc(F)cc1. The van der Waals surface area contributed by atoms with Crippen LogP contribution in [0.1, 0.15) is 37.3 Å². The van der Waals surface area contributed by atoms with E-state index in [1.54, 1.807) is 28.9 Å². The number of benzene rings is 2. The van der Waals surface area contributed by atoms with Crippen LogP contribution in [0.15, 0.2) is 72.9 Å². The second-order valence-electron chi connectivity index (χ2n) is 8.80. The van der Waals surface area contributed by atoms with Gasteiger partial charge in [0.25, 0.3) is 0 Å². The quantitative estimate of drug-likeness (QED) is 0.350. The van der Waals surface area contributed by atoms with Crippen LogP contribution in [-0.4, -0.2) is 25.5 Å². The highest BCUT2D eigenvalue weighted by atomic mass is 19.1. The summed E-state index contributed by atoms with van der Waals surface area (Å²) < 4.78 is 28.4. The molecule has 2 atom stereocenters. The van der Waals surface area contributed by atoms with Crippen molar-refractivity contribution in [3.63, 3.8) is 0 Å². The Morgan fingerprint density at radius 1 is 0.912 bits per heavy atom. The van der Waals surface area contributed by atoms with Crippen molar-refractivity contribution in [3.05, 3.63) is 90.3 Å². The zero-order valence-corrected chi connectivity index (χ0v) is 18.6. The van der Waals surface area contributed by atoms with E-state index in [-0.39, 0.29) is 24.0 Å². The van der Waals surface area contributed by atoms with Gasteiger partial charge in [-0.05, 0) is 85.8 Å². The van der Waals surface area contributed by atoms with Crippen molar-refractivity contribution in [1.82, 2.24) is 19.7 Å². The lowest BCUT2D eigenvalue weighted by Gasteiger charge is -2.11. The third-order valence-corrected chi connectivity index (χ3v) is 6.37. The molecule has 2 heterocycles. The Morgan fingerprint density at radius 2 is 1.62 bits per heavy atom. The first-order chi connectivity index (χ1) is 16.5. The summed E-state index contributed by atoms with van der Waals surface area (Å²) in [6.45, 7) is 0.0751. The van der Waals surface area contributed by atoms with Crippen LogP contribution in [0.3, 0.4) is 0 Å². The Morgan fingerprint density at radius 3 is 2.29 bits per heavy atom. The highest BCUT2D eigenvalue weighted by Crippen LogP contribution is 2.39. The fourth-order valence-electron chi connectivity index (χ4n) is 4.69. The van der Waals surface area contributed by atoms with Gasteiger partial charge in [0, 0.05) is 35.4 Å². The zero-order chi connectivity index (χ0) is 23.5. The van der Waals surface area contributed by atoms with E-state index in [1.807, 2.05) is 18.3 Å². The van der Waals surface area contributed by atoms with Crippen molar-refractivity contribution in [2.45, 2.75) is 38.1 Å². The summed E-state index contributed by atoms with van der Waals surface area (Å²) in [6.07, 6.45) is 5.27. The van der Waals surface area contributed by atoms with Gasteiger partial charge in [-0.15, -0.1) is 5.10 Å². The van der Waals surface area contributed by atoms with E-state index in [2.05, 4.69) is 21.1 Å². The molecule has 2 unspecified atom stereocenters. The monoisotopic (exact) mass is 458 g/mol. The molecule has 0 amide bonds. The number of nitrogens with zero attached hydrogens (tertiary/aromatic N) is 4. The van der Waals surface area contributed by atoms with Gasteiger partial charge in [-0.1, -0.05) is 6.07 Å². The topological polar surface area (TPSA) is 60.7 Å². The third kappa shape index (κ3) is 4.93. The minimum absolute atomic E-state index is 0.0746. The number of Topliss-reactive ketones (excluding diaryl/α,β-unsaturated/α-hetero) is 1. The van der Waals surface area contributed by atoms with Gasteiger partial charge in [0.2, 0.25) is 0 Å². The summed E-state index contributed by atoms with van der Waals surface area (Å²) in [5.41, 5.74) is 2.40. The lowest BCUT2D eigenvalue weighted by atomic mass is 9.97. The molecular formula is C27H24F2N4O. The highest BCUT2D eigenvalue weighted by Gasteiger charge is 2.28. The van der Waals surface area contributed by atoms with Gasteiger partial charge in [-0.25, -0.2) is 18.4 Å². The van der Waals surface area contributed by atoms with Crippen molar-refractivity contribution < 1.29 is 13.6 Å². The van der Waals surface area contributed by atoms with Gasteiger partial charge in [0.15, 0.2) is 17.4 Å². The Kier molecular flexibility index (Phi) is 6.25. The summed E-state index contributed by atoms with van der Waals surface area (Å²) in [5.74, 6) is 0.948. The molecule has 0 radical (unpaired) electrons. The highest BCUT2D eigenvalue weighted by molar-refractivity contribution is 5.79. The molecule has 7 heteroatoms. The van der Waals surface area contributed by atoms with E-state index in [0.29, 0.717) is 41.0 Å². The molecule has 1 aliphatic carbocycles. The molecule has 172 valence electrons. The standard InChI is InChI=1S/C27H24F2N4O/c28-22-10-6-19(7-11-22)26-31-27(20-8-12-23(29)13-9-20)33(32-26)17-24(34)16-18-4-5-21(15-18)25-3-1-2-14-30-25/h1-3,6-14,18,21H,4-5,15-17H2. The van der Waals surface area contributed by atoms with Crippen molar-refractivity contribution >= 4 is 5.78 Å². The molecule has 34 heavy (non-hydrogen) atoms. The number of rotatable bonds is 7.